The number of benzene rings is 1. The predicted molar refractivity (Wildman–Crippen MR) is 81.0 cm³/mol. The number of nitrogens with one attached hydrogen (secondary N) is 1. The van der Waals surface area contributed by atoms with Crippen LogP contribution >= 0.6 is 0 Å². The molecule has 1 rings (SSSR count). The summed E-state index contributed by atoms with van der Waals surface area (Å²) in [6.45, 7) is 7.05. The standard InChI is InChI=1S/C16H25NO3/c1-4-16(5-2,12-18)11-17-14-10-8-7-9-13(14)15(19)20-6-3/h7-10,17-18H,4-6,11-12H2,1-3H3. The van der Waals surface area contributed by atoms with Gasteiger partial charge in [0.05, 0.1) is 18.8 Å². The fourth-order valence-electron chi connectivity index (χ4n) is 2.09. The zero-order valence-corrected chi connectivity index (χ0v) is 12.6. The average Bonchev–Trinajstić information content (AvgIpc) is 2.50. The minimum Gasteiger partial charge on any atom is -0.462 e. The molecule has 2 N–H and O–H groups in total. The maximum Gasteiger partial charge on any atom is 0.340 e. The molecule has 0 aliphatic rings. The van der Waals surface area contributed by atoms with Gasteiger partial charge in [0.15, 0.2) is 0 Å². The Morgan fingerprint density at radius 1 is 1.25 bits per heavy atom. The van der Waals surface area contributed by atoms with Crippen molar-refractivity contribution >= 4 is 11.7 Å². The molecule has 0 bridgehead atoms. The summed E-state index contributed by atoms with van der Waals surface area (Å²) in [6.07, 6.45) is 1.77. The lowest BCUT2D eigenvalue weighted by Gasteiger charge is -2.30. The Hall–Kier alpha value is -1.55. The van der Waals surface area contributed by atoms with Gasteiger partial charge >= 0.3 is 5.97 Å². The second-order valence-electron chi connectivity index (χ2n) is 4.98. The highest BCUT2D eigenvalue weighted by Crippen LogP contribution is 2.27. The molecule has 0 atom stereocenters. The minimum atomic E-state index is -0.321. The Labute approximate surface area is 121 Å². The van der Waals surface area contributed by atoms with E-state index in [1.54, 1.807) is 13.0 Å². The first-order chi connectivity index (χ1) is 9.62. The number of hydrogen-bond acceptors (Lipinski definition) is 4. The third-order valence-electron chi connectivity index (χ3n) is 3.91. The predicted octanol–water partition coefficient (Wildman–Crippen LogP) is 3.07. The third kappa shape index (κ3) is 3.97. The van der Waals surface area contributed by atoms with Crippen LogP contribution in [0.25, 0.3) is 0 Å². The number of rotatable bonds is 8. The molecule has 0 heterocycles. The van der Waals surface area contributed by atoms with Crippen molar-refractivity contribution in [2.45, 2.75) is 33.6 Å². The maximum atomic E-state index is 11.9. The number of carbonyl (C=O) groups is 1. The van der Waals surface area contributed by atoms with Gasteiger partial charge in [0.2, 0.25) is 0 Å². The Balaban J connectivity index is 2.85. The van der Waals surface area contributed by atoms with Crippen LogP contribution in [-0.4, -0.2) is 30.8 Å². The molecule has 0 saturated carbocycles. The van der Waals surface area contributed by atoms with Gasteiger partial charge in [0.25, 0.3) is 0 Å². The van der Waals surface area contributed by atoms with Gasteiger partial charge < -0.3 is 15.2 Å². The summed E-state index contributed by atoms with van der Waals surface area (Å²) in [4.78, 5) is 11.9. The van der Waals surface area contributed by atoms with E-state index in [0.717, 1.165) is 18.5 Å². The lowest BCUT2D eigenvalue weighted by Crippen LogP contribution is -2.32. The van der Waals surface area contributed by atoms with E-state index in [1.165, 1.54) is 0 Å². The van der Waals surface area contributed by atoms with Crippen molar-refractivity contribution in [1.82, 2.24) is 0 Å². The first-order valence-electron chi connectivity index (χ1n) is 7.23. The second-order valence-corrected chi connectivity index (χ2v) is 4.98. The average molecular weight is 279 g/mol. The maximum absolute atomic E-state index is 11.9. The number of hydrogen-bond donors (Lipinski definition) is 2. The number of esters is 1. The molecular formula is C16H25NO3. The molecule has 0 unspecified atom stereocenters. The monoisotopic (exact) mass is 279 g/mol. The zero-order valence-electron chi connectivity index (χ0n) is 12.6. The molecule has 0 spiro atoms. The van der Waals surface area contributed by atoms with Gasteiger partial charge in [-0.1, -0.05) is 26.0 Å². The summed E-state index contributed by atoms with van der Waals surface area (Å²) < 4.78 is 5.05. The lowest BCUT2D eigenvalue weighted by molar-refractivity contribution is 0.0527. The van der Waals surface area contributed by atoms with Crippen molar-refractivity contribution in [3.8, 4) is 0 Å². The van der Waals surface area contributed by atoms with Crippen molar-refractivity contribution in [3.63, 3.8) is 0 Å². The summed E-state index contributed by atoms with van der Waals surface area (Å²) in [5, 5.41) is 12.9. The summed E-state index contributed by atoms with van der Waals surface area (Å²) >= 11 is 0. The number of anilines is 1. The van der Waals surface area contributed by atoms with E-state index in [4.69, 9.17) is 4.74 Å². The molecule has 112 valence electrons. The van der Waals surface area contributed by atoms with Crippen LogP contribution in [0, 0.1) is 5.41 Å². The van der Waals surface area contributed by atoms with Gasteiger partial charge in [-0.25, -0.2) is 4.79 Å². The van der Waals surface area contributed by atoms with E-state index in [0.29, 0.717) is 18.7 Å². The van der Waals surface area contributed by atoms with E-state index in [-0.39, 0.29) is 18.0 Å². The molecule has 0 radical (unpaired) electrons. The lowest BCUT2D eigenvalue weighted by atomic mass is 9.83. The highest BCUT2D eigenvalue weighted by molar-refractivity contribution is 5.95. The van der Waals surface area contributed by atoms with Crippen LogP contribution in [0.2, 0.25) is 0 Å². The summed E-state index contributed by atoms with van der Waals surface area (Å²) in [7, 11) is 0. The van der Waals surface area contributed by atoms with E-state index < -0.39 is 0 Å². The van der Waals surface area contributed by atoms with Gasteiger partial charge in [0, 0.05) is 17.6 Å². The van der Waals surface area contributed by atoms with Crippen molar-refractivity contribution < 1.29 is 14.6 Å². The molecule has 0 fully saturated rings. The Bertz CT molecular complexity index is 419. The van der Waals surface area contributed by atoms with Gasteiger partial charge in [-0.05, 0) is 31.9 Å². The van der Waals surface area contributed by atoms with Crippen LogP contribution in [0.5, 0.6) is 0 Å². The molecule has 4 nitrogen and oxygen atoms in total. The van der Waals surface area contributed by atoms with Crippen molar-refractivity contribution in [2.24, 2.45) is 5.41 Å². The van der Waals surface area contributed by atoms with E-state index in [2.05, 4.69) is 19.2 Å². The van der Waals surface area contributed by atoms with E-state index in [9.17, 15) is 9.90 Å². The van der Waals surface area contributed by atoms with Crippen molar-refractivity contribution in [3.05, 3.63) is 29.8 Å². The largest absolute Gasteiger partial charge is 0.462 e. The molecule has 20 heavy (non-hydrogen) atoms. The van der Waals surface area contributed by atoms with Crippen molar-refractivity contribution in [1.29, 1.82) is 0 Å². The Morgan fingerprint density at radius 3 is 2.45 bits per heavy atom. The van der Waals surface area contributed by atoms with Gasteiger partial charge in [0.1, 0.15) is 0 Å². The zero-order chi connectivity index (χ0) is 15.0. The molecule has 4 heteroatoms. The molecule has 1 aromatic carbocycles. The van der Waals surface area contributed by atoms with Crippen LogP contribution in [0.4, 0.5) is 5.69 Å². The molecule has 0 aliphatic carbocycles. The van der Waals surface area contributed by atoms with Gasteiger partial charge in [-0.3, -0.25) is 0 Å². The molecule has 0 amide bonds. The molecule has 1 aromatic rings. The highest BCUT2D eigenvalue weighted by atomic mass is 16.5. The highest BCUT2D eigenvalue weighted by Gasteiger charge is 2.25. The fraction of sp³-hybridized carbons (Fsp3) is 0.562. The van der Waals surface area contributed by atoms with E-state index >= 15 is 0 Å². The molecule has 0 aliphatic heterocycles. The van der Waals surface area contributed by atoms with E-state index in [1.807, 2.05) is 18.2 Å². The smallest absolute Gasteiger partial charge is 0.340 e. The quantitative estimate of drug-likeness (QED) is 0.718. The topological polar surface area (TPSA) is 58.6 Å². The van der Waals surface area contributed by atoms with Gasteiger partial charge in [-0.2, -0.15) is 0 Å². The summed E-state index contributed by atoms with van der Waals surface area (Å²) in [5.74, 6) is -0.321. The molecular weight excluding hydrogens is 254 g/mol. The van der Waals surface area contributed by atoms with Crippen LogP contribution < -0.4 is 5.32 Å². The summed E-state index contributed by atoms with van der Waals surface area (Å²) in [6, 6.07) is 7.30. The number of carbonyl (C=O) groups excluding carboxylic acids is 1. The number of ether oxygens (including phenoxy) is 1. The minimum absolute atomic E-state index is 0.134. The molecule has 0 aromatic heterocycles. The molecule has 0 saturated heterocycles. The Kier molecular flexibility index (Phi) is 6.52. The Morgan fingerprint density at radius 2 is 1.90 bits per heavy atom. The second kappa shape index (κ2) is 7.90. The number of aliphatic hydroxyl groups is 1. The normalized spacial score (nSPS) is 11.2. The SMILES string of the molecule is CCOC(=O)c1ccccc1NCC(CC)(CC)CO. The van der Waals surface area contributed by atoms with Crippen LogP contribution in [0.1, 0.15) is 44.0 Å². The number of para-hydroxylation sites is 1. The third-order valence-corrected chi connectivity index (χ3v) is 3.91. The number of aliphatic hydroxyl groups excluding tert-OH is 1. The first kappa shape index (κ1) is 16.5. The van der Waals surface area contributed by atoms with Crippen LogP contribution in [0.15, 0.2) is 24.3 Å². The van der Waals surface area contributed by atoms with Crippen LogP contribution in [-0.2, 0) is 4.74 Å². The van der Waals surface area contributed by atoms with Crippen molar-refractivity contribution in [2.75, 3.05) is 25.1 Å². The van der Waals surface area contributed by atoms with Gasteiger partial charge in [-0.15, -0.1) is 0 Å². The fourth-order valence-corrected chi connectivity index (χ4v) is 2.09. The first-order valence-corrected chi connectivity index (χ1v) is 7.23. The summed E-state index contributed by atoms with van der Waals surface area (Å²) in [5.41, 5.74) is 1.14. The van der Waals surface area contributed by atoms with Crippen LogP contribution in [0.3, 0.4) is 0 Å².